The minimum absolute atomic E-state index is 0.0763. The molecular weight excluding hydrogens is 312 g/mol. The van der Waals surface area contributed by atoms with E-state index in [1.807, 2.05) is 43.1 Å². The van der Waals surface area contributed by atoms with Gasteiger partial charge in [0.15, 0.2) is 5.82 Å². The number of anilines is 1. The summed E-state index contributed by atoms with van der Waals surface area (Å²) in [6.07, 6.45) is 1.91. The quantitative estimate of drug-likeness (QED) is 0.909. The molecule has 122 valence electrons. The van der Waals surface area contributed by atoms with Gasteiger partial charge in [-0.15, -0.1) is 0 Å². The Balaban J connectivity index is 1.57. The van der Waals surface area contributed by atoms with Crippen molar-refractivity contribution >= 4 is 23.4 Å². The number of rotatable bonds is 2. The van der Waals surface area contributed by atoms with Crippen LogP contribution in [0.5, 0.6) is 0 Å². The molecule has 0 aliphatic carbocycles. The van der Waals surface area contributed by atoms with E-state index in [0.717, 1.165) is 36.6 Å². The van der Waals surface area contributed by atoms with E-state index in [9.17, 15) is 4.79 Å². The summed E-state index contributed by atoms with van der Waals surface area (Å²) >= 11 is 6.06. The fourth-order valence-electron chi connectivity index (χ4n) is 2.99. The standard InChI is InChI=1S/C17H21ClN4O/c1-12-10-16(20-21(12)2)19-17(23)22-8-6-13(7-9-22)14-4-3-5-15(18)11-14/h3-5,10-11,13H,6-9H2,1-2H3,(H,19,20,23). The molecular formula is C17H21ClN4O. The zero-order valence-electron chi connectivity index (χ0n) is 13.4. The Hall–Kier alpha value is -2.01. The first kappa shape index (κ1) is 15.9. The molecule has 6 heteroatoms. The first-order chi connectivity index (χ1) is 11.0. The molecule has 5 nitrogen and oxygen atoms in total. The third-order valence-electron chi connectivity index (χ3n) is 4.45. The highest BCUT2D eigenvalue weighted by Crippen LogP contribution is 2.29. The molecule has 1 saturated heterocycles. The van der Waals surface area contributed by atoms with Crippen molar-refractivity contribution in [2.45, 2.75) is 25.7 Å². The van der Waals surface area contributed by atoms with Crippen LogP contribution in [-0.4, -0.2) is 33.8 Å². The lowest BCUT2D eigenvalue weighted by Crippen LogP contribution is -2.40. The van der Waals surface area contributed by atoms with E-state index in [1.54, 1.807) is 4.68 Å². The number of halogens is 1. The van der Waals surface area contributed by atoms with Crippen molar-refractivity contribution in [1.82, 2.24) is 14.7 Å². The summed E-state index contributed by atoms with van der Waals surface area (Å²) in [6, 6.07) is 9.81. The van der Waals surface area contributed by atoms with E-state index in [2.05, 4.69) is 16.5 Å². The highest BCUT2D eigenvalue weighted by Gasteiger charge is 2.24. The molecule has 2 amide bonds. The minimum Gasteiger partial charge on any atom is -0.324 e. The van der Waals surface area contributed by atoms with E-state index in [4.69, 9.17) is 11.6 Å². The highest BCUT2D eigenvalue weighted by molar-refractivity contribution is 6.30. The third-order valence-corrected chi connectivity index (χ3v) is 4.69. The van der Waals surface area contributed by atoms with Crippen molar-refractivity contribution in [2.24, 2.45) is 7.05 Å². The number of aryl methyl sites for hydroxylation is 2. The van der Waals surface area contributed by atoms with Gasteiger partial charge in [-0.2, -0.15) is 5.10 Å². The van der Waals surface area contributed by atoms with E-state index < -0.39 is 0 Å². The first-order valence-corrected chi connectivity index (χ1v) is 8.23. The summed E-state index contributed by atoms with van der Waals surface area (Å²) in [6.45, 7) is 3.45. The van der Waals surface area contributed by atoms with Crippen LogP contribution in [0, 0.1) is 6.92 Å². The Bertz CT molecular complexity index is 685. The maximum Gasteiger partial charge on any atom is 0.323 e. The SMILES string of the molecule is Cc1cc(NC(=O)N2CCC(c3cccc(Cl)c3)CC2)nn1C. The Morgan fingerprint density at radius 3 is 2.65 bits per heavy atom. The van der Waals surface area contributed by atoms with Gasteiger partial charge in [0.05, 0.1) is 0 Å². The second-order valence-corrected chi connectivity index (χ2v) is 6.48. The van der Waals surface area contributed by atoms with Crippen LogP contribution in [0.1, 0.15) is 30.0 Å². The van der Waals surface area contributed by atoms with E-state index in [1.165, 1.54) is 5.56 Å². The average Bonchev–Trinajstić information content (AvgIpc) is 2.85. The number of nitrogens with one attached hydrogen (secondary N) is 1. The normalized spacial score (nSPS) is 15.7. The number of carbonyl (C=O) groups is 1. The predicted octanol–water partition coefficient (Wildman–Crippen LogP) is 3.79. The molecule has 0 atom stereocenters. The molecule has 23 heavy (non-hydrogen) atoms. The van der Waals surface area contributed by atoms with Gasteiger partial charge in [0.25, 0.3) is 0 Å². The van der Waals surface area contributed by atoms with Gasteiger partial charge >= 0.3 is 6.03 Å². The molecule has 0 radical (unpaired) electrons. The Morgan fingerprint density at radius 2 is 2.04 bits per heavy atom. The second kappa shape index (κ2) is 6.62. The second-order valence-electron chi connectivity index (χ2n) is 6.04. The predicted molar refractivity (Wildman–Crippen MR) is 92.0 cm³/mol. The van der Waals surface area contributed by atoms with Gasteiger partial charge in [0.1, 0.15) is 0 Å². The molecule has 0 bridgehead atoms. The molecule has 1 aliphatic rings. The zero-order valence-corrected chi connectivity index (χ0v) is 14.2. The Morgan fingerprint density at radius 1 is 1.30 bits per heavy atom. The lowest BCUT2D eigenvalue weighted by atomic mass is 9.89. The van der Waals surface area contributed by atoms with Crippen molar-refractivity contribution in [3.05, 3.63) is 46.6 Å². The van der Waals surface area contributed by atoms with Crippen molar-refractivity contribution in [3.8, 4) is 0 Å². The molecule has 1 aliphatic heterocycles. The molecule has 1 aromatic carbocycles. The maximum atomic E-state index is 12.3. The molecule has 1 N–H and O–H groups in total. The van der Waals surface area contributed by atoms with Crippen LogP contribution in [0.15, 0.2) is 30.3 Å². The van der Waals surface area contributed by atoms with Gasteiger partial charge in [0.2, 0.25) is 0 Å². The Labute approximate surface area is 141 Å². The lowest BCUT2D eigenvalue weighted by Gasteiger charge is -2.32. The molecule has 2 aromatic rings. The first-order valence-electron chi connectivity index (χ1n) is 7.85. The van der Waals surface area contributed by atoms with Crippen LogP contribution in [-0.2, 0) is 7.05 Å². The van der Waals surface area contributed by atoms with E-state index in [-0.39, 0.29) is 6.03 Å². The monoisotopic (exact) mass is 332 g/mol. The number of urea groups is 1. The van der Waals surface area contributed by atoms with Gasteiger partial charge in [-0.05, 0) is 43.4 Å². The number of hydrogen-bond donors (Lipinski definition) is 1. The van der Waals surface area contributed by atoms with E-state index in [0.29, 0.717) is 11.7 Å². The van der Waals surface area contributed by atoms with Crippen LogP contribution < -0.4 is 5.32 Å². The van der Waals surface area contributed by atoms with Crippen LogP contribution in [0.4, 0.5) is 10.6 Å². The smallest absolute Gasteiger partial charge is 0.323 e. The summed E-state index contributed by atoms with van der Waals surface area (Å²) in [5.74, 6) is 1.07. The fraction of sp³-hybridized carbons (Fsp3) is 0.412. The lowest BCUT2D eigenvalue weighted by molar-refractivity contribution is 0.194. The topological polar surface area (TPSA) is 50.2 Å². The van der Waals surface area contributed by atoms with Gasteiger partial charge < -0.3 is 4.90 Å². The largest absolute Gasteiger partial charge is 0.324 e. The van der Waals surface area contributed by atoms with Crippen LogP contribution in [0.2, 0.25) is 5.02 Å². The maximum absolute atomic E-state index is 12.3. The highest BCUT2D eigenvalue weighted by atomic mass is 35.5. The summed E-state index contributed by atoms with van der Waals surface area (Å²) < 4.78 is 1.75. The number of benzene rings is 1. The summed E-state index contributed by atoms with van der Waals surface area (Å²) in [5, 5.41) is 7.90. The summed E-state index contributed by atoms with van der Waals surface area (Å²) in [5.41, 5.74) is 2.28. The molecule has 3 rings (SSSR count). The number of piperidine rings is 1. The third kappa shape index (κ3) is 3.67. The number of likely N-dealkylation sites (tertiary alicyclic amines) is 1. The van der Waals surface area contributed by atoms with E-state index >= 15 is 0 Å². The molecule has 1 aromatic heterocycles. The van der Waals surface area contributed by atoms with Gasteiger partial charge in [-0.25, -0.2) is 4.79 Å². The molecule has 1 fully saturated rings. The van der Waals surface area contributed by atoms with Crippen molar-refractivity contribution < 1.29 is 4.79 Å². The molecule has 0 saturated carbocycles. The van der Waals surface area contributed by atoms with Crippen LogP contribution in [0.25, 0.3) is 0 Å². The van der Waals surface area contributed by atoms with Gasteiger partial charge in [-0.3, -0.25) is 10.00 Å². The van der Waals surface area contributed by atoms with Crippen LogP contribution in [0.3, 0.4) is 0 Å². The van der Waals surface area contributed by atoms with Crippen molar-refractivity contribution in [1.29, 1.82) is 0 Å². The number of amides is 2. The molecule has 0 spiro atoms. The molecule has 0 unspecified atom stereocenters. The van der Waals surface area contributed by atoms with Gasteiger partial charge in [-0.1, -0.05) is 23.7 Å². The van der Waals surface area contributed by atoms with Gasteiger partial charge in [0, 0.05) is 36.9 Å². The number of carbonyl (C=O) groups excluding carboxylic acids is 1. The zero-order chi connectivity index (χ0) is 16.4. The van der Waals surface area contributed by atoms with Crippen molar-refractivity contribution in [3.63, 3.8) is 0 Å². The average molecular weight is 333 g/mol. The Kier molecular flexibility index (Phi) is 4.57. The van der Waals surface area contributed by atoms with Crippen molar-refractivity contribution in [2.75, 3.05) is 18.4 Å². The minimum atomic E-state index is -0.0763. The number of hydrogen-bond acceptors (Lipinski definition) is 2. The molecule has 2 heterocycles. The number of aromatic nitrogens is 2. The summed E-state index contributed by atoms with van der Waals surface area (Å²) in [4.78, 5) is 14.2. The number of nitrogens with zero attached hydrogens (tertiary/aromatic N) is 3. The fourth-order valence-corrected chi connectivity index (χ4v) is 3.19. The van der Waals surface area contributed by atoms with Crippen LogP contribution >= 0.6 is 11.6 Å². The summed E-state index contributed by atoms with van der Waals surface area (Å²) in [7, 11) is 1.86.